The zero-order valence-corrected chi connectivity index (χ0v) is 29.5. The van der Waals surface area contributed by atoms with Gasteiger partial charge in [0.1, 0.15) is 0 Å². The molecule has 2 N–H and O–H groups in total. The number of aliphatic hydroxyl groups is 1. The number of nitrogens with one attached hydrogen (secondary N) is 1. The molecule has 0 aliphatic carbocycles. The van der Waals surface area contributed by atoms with E-state index in [1.165, 1.54) is 50.3 Å². The van der Waals surface area contributed by atoms with Gasteiger partial charge in [-0.2, -0.15) is 4.39 Å². The van der Waals surface area contributed by atoms with Crippen molar-refractivity contribution in [2.75, 3.05) is 12.0 Å². The van der Waals surface area contributed by atoms with Crippen LogP contribution in [0.15, 0.2) is 52.3 Å². The van der Waals surface area contributed by atoms with Gasteiger partial charge in [-0.25, -0.2) is 23.8 Å². The van der Waals surface area contributed by atoms with Crippen molar-refractivity contribution >= 4 is 64.2 Å². The van der Waals surface area contributed by atoms with Crippen molar-refractivity contribution in [3.05, 3.63) is 69.0 Å². The van der Waals surface area contributed by atoms with Crippen molar-refractivity contribution in [3.8, 4) is 11.3 Å². The van der Waals surface area contributed by atoms with Gasteiger partial charge < -0.3 is 39.0 Å². The minimum absolute atomic E-state index is 0.171. The molecule has 13 nitrogen and oxygen atoms in total. The van der Waals surface area contributed by atoms with Crippen molar-refractivity contribution in [3.63, 3.8) is 0 Å². The lowest BCUT2D eigenvalue weighted by Crippen LogP contribution is -2.40. The summed E-state index contributed by atoms with van der Waals surface area (Å²) in [5.74, 6) is -4.02. The van der Waals surface area contributed by atoms with Crippen LogP contribution in [0.5, 0.6) is 0 Å². The number of alkyl halides is 1. The van der Waals surface area contributed by atoms with Gasteiger partial charge in [0.15, 0.2) is 11.8 Å². The second kappa shape index (κ2) is 17.6. The number of carbonyl (C=O) groups is 3. The number of esters is 1. The van der Waals surface area contributed by atoms with E-state index in [0.29, 0.717) is 16.4 Å². The van der Waals surface area contributed by atoms with Gasteiger partial charge in [0, 0.05) is 28.9 Å². The smallest absolute Gasteiger partial charge is 0.513 e. The minimum atomic E-state index is -3.49. The van der Waals surface area contributed by atoms with Crippen molar-refractivity contribution in [2.45, 2.75) is 65.6 Å². The number of benzene rings is 2. The molecule has 18 heteroatoms. The first kappa shape index (κ1) is 38.7. The lowest BCUT2D eigenvalue weighted by Gasteiger charge is -2.21. The molecule has 0 saturated heterocycles. The summed E-state index contributed by atoms with van der Waals surface area (Å²) in [6.45, 7) is 6.07. The number of aromatic nitrogens is 1. The molecular weight excluding hydrogens is 745 g/mol. The molecule has 0 bridgehead atoms. The molecule has 0 radical (unpaired) electrons. The molecule has 3 atom stereocenters. The molecule has 3 aromatic rings. The van der Waals surface area contributed by atoms with Crippen LogP contribution in [0.3, 0.4) is 0 Å². The summed E-state index contributed by atoms with van der Waals surface area (Å²) in [5, 5.41) is 15.5. The number of hydrogen-bond donors (Lipinski definition) is 2. The normalized spacial score (nSPS) is 13.7. The summed E-state index contributed by atoms with van der Waals surface area (Å²) < 4.78 is 56.8. The van der Waals surface area contributed by atoms with Crippen molar-refractivity contribution in [1.82, 2.24) is 4.98 Å². The Balaban J connectivity index is 1.59. The molecule has 1 heterocycles. The Morgan fingerprint density at radius 1 is 1.02 bits per heavy atom. The first-order valence-electron chi connectivity index (χ1n) is 14.1. The zero-order valence-electron chi connectivity index (χ0n) is 26.2. The van der Waals surface area contributed by atoms with E-state index in [-0.39, 0.29) is 28.2 Å². The highest BCUT2D eigenvalue weighted by Crippen LogP contribution is 2.32. The average molecular weight is 778 g/mol. The van der Waals surface area contributed by atoms with Crippen LogP contribution in [0.1, 0.15) is 56.1 Å². The van der Waals surface area contributed by atoms with Crippen LogP contribution in [0, 0.1) is 0 Å². The van der Waals surface area contributed by atoms with Gasteiger partial charge in [-0.3, -0.25) is 0 Å². The Morgan fingerprint density at radius 3 is 2.27 bits per heavy atom. The topological polar surface area (TPSA) is 175 Å². The lowest BCUT2D eigenvalue weighted by atomic mass is 10.1. The van der Waals surface area contributed by atoms with Crippen molar-refractivity contribution in [2.24, 2.45) is 0 Å². The third-order valence-corrected chi connectivity index (χ3v) is 8.09. The summed E-state index contributed by atoms with van der Waals surface area (Å²) in [4.78, 5) is 52.5. The Hall–Kier alpha value is -3.73. The quantitative estimate of drug-likeness (QED) is 0.0780. The summed E-state index contributed by atoms with van der Waals surface area (Å²) in [6, 6.07) is 10.8. The van der Waals surface area contributed by atoms with Gasteiger partial charge >= 0.3 is 29.8 Å². The van der Waals surface area contributed by atoms with Crippen LogP contribution in [0.4, 0.5) is 23.5 Å². The van der Waals surface area contributed by atoms with Gasteiger partial charge in [-0.05, 0) is 73.5 Å². The molecular formula is C30H32BrF2N2O11PS. The van der Waals surface area contributed by atoms with E-state index >= 15 is 0 Å². The number of nitrogens with zero attached hydrogens (tertiary/aromatic N) is 1. The molecule has 0 aliphatic rings. The second-order valence-corrected chi connectivity index (χ2v) is 13.1. The number of halogens is 3. The van der Waals surface area contributed by atoms with Crippen LogP contribution >= 0.6 is 35.3 Å². The largest absolute Gasteiger partial charge is 0.600 e. The monoisotopic (exact) mass is 776 g/mol. The third-order valence-electron chi connectivity index (χ3n) is 5.62. The molecule has 3 unspecified atom stereocenters. The molecule has 0 amide bonds. The first-order valence-corrected chi connectivity index (χ1v) is 17.0. The molecule has 2 aromatic carbocycles. The van der Waals surface area contributed by atoms with E-state index < -0.39 is 56.9 Å². The molecule has 260 valence electrons. The number of anilines is 1. The lowest BCUT2D eigenvalue weighted by molar-refractivity contribution is -0.317. The Morgan fingerprint density at radius 2 is 1.67 bits per heavy atom. The van der Waals surface area contributed by atoms with Crippen LogP contribution in [-0.4, -0.2) is 65.1 Å². The van der Waals surface area contributed by atoms with Gasteiger partial charge in [-0.1, -0.05) is 22.7 Å². The molecule has 0 saturated carbocycles. The number of carbonyl (C=O) groups excluding carboxylic acids is 3. The second-order valence-electron chi connectivity index (χ2n) is 10.3. The highest BCUT2D eigenvalue weighted by atomic mass is 79.9. The number of thiazole rings is 1. The molecule has 0 fully saturated rings. The van der Waals surface area contributed by atoms with Gasteiger partial charge in [0.2, 0.25) is 6.29 Å². The minimum Gasteiger partial charge on any atom is -0.600 e. The Bertz CT molecular complexity index is 1620. The summed E-state index contributed by atoms with van der Waals surface area (Å²) in [7, 11) is -3.49. The van der Waals surface area contributed by atoms with E-state index in [1.54, 1.807) is 43.5 Å². The summed E-state index contributed by atoms with van der Waals surface area (Å²) >= 11 is 4.52. The Labute approximate surface area is 287 Å². The van der Waals surface area contributed by atoms with Crippen LogP contribution < -0.4 is 10.2 Å². The summed E-state index contributed by atoms with van der Waals surface area (Å²) in [5.41, 5.74) is 0.702. The maximum Gasteiger partial charge on any atom is 0.513 e. The van der Waals surface area contributed by atoms with Crippen LogP contribution in [0.2, 0.25) is 0 Å². The molecule has 0 aliphatic heterocycles. The van der Waals surface area contributed by atoms with E-state index in [0.717, 1.165) is 5.56 Å². The summed E-state index contributed by atoms with van der Waals surface area (Å²) in [6.07, 6.45) is -4.65. The van der Waals surface area contributed by atoms with Crippen LogP contribution in [-0.2, 0) is 34.8 Å². The highest BCUT2D eigenvalue weighted by Gasteiger charge is 2.41. The number of hydrogen-bond acceptors (Lipinski definition) is 14. The highest BCUT2D eigenvalue weighted by molar-refractivity contribution is 9.10. The maximum atomic E-state index is 15.0. The predicted octanol–water partition coefficient (Wildman–Crippen LogP) is 6.56. The van der Waals surface area contributed by atoms with Crippen molar-refractivity contribution < 1.29 is 61.4 Å². The molecule has 3 rings (SSSR count). The SMILES string of the molecule is CC(C)OC(=O)OC(C)OC(=O)c1ccc(-c2csc(NCc3ccc(/C(F)=[P+](\[O-])OC(O)(CF)OC(=O)OC(C)C)c(Br)c3)n2)cc1. The first-order chi connectivity index (χ1) is 22.6. The maximum absolute atomic E-state index is 15.0. The van der Waals surface area contributed by atoms with Gasteiger partial charge in [0.05, 0.1) is 29.0 Å². The average Bonchev–Trinajstić information content (AvgIpc) is 3.48. The van der Waals surface area contributed by atoms with E-state index in [9.17, 15) is 33.2 Å². The zero-order chi connectivity index (χ0) is 35.6. The van der Waals surface area contributed by atoms with Gasteiger partial charge in [-0.15, -0.1) is 11.3 Å². The predicted molar refractivity (Wildman–Crippen MR) is 173 cm³/mol. The fraction of sp³-hybridized carbons (Fsp3) is 0.367. The molecule has 0 spiro atoms. The van der Waals surface area contributed by atoms with Crippen LogP contribution in [0.25, 0.3) is 11.3 Å². The fourth-order valence-electron chi connectivity index (χ4n) is 3.56. The molecule has 48 heavy (non-hydrogen) atoms. The van der Waals surface area contributed by atoms with E-state index in [4.69, 9.17) is 14.2 Å². The molecule has 1 aromatic heterocycles. The number of ether oxygens (including phenoxy) is 5. The Kier molecular flexibility index (Phi) is 14.2. The van der Waals surface area contributed by atoms with E-state index in [2.05, 4.69) is 40.2 Å². The fourth-order valence-corrected chi connectivity index (χ4v) is 5.85. The third kappa shape index (κ3) is 11.8. The van der Waals surface area contributed by atoms with Gasteiger partial charge in [0.25, 0.3) is 8.00 Å². The standard InChI is InChI=1S/C30H32BrF2N2O11PS/c1-16(2)41-28(37)44-18(5)43-26(36)21-9-7-20(8-10-21)24-14-48-27(35-24)34-13-19-6-11-22(23(31)12-19)25(33)47(40)46-30(39,15-32)45-29(38)42-17(3)4/h6-12,14,16-18,39H,13,15H2,1-5H3,(H,34,35). The number of rotatable bonds is 14. The van der Waals surface area contributed by atoms with E-state index in [1.807, 2.05) is 0 Å². The van der Waals surface area contributed by atoms with Crippen molar-refractivity contribution in [1.29, 1.82) is 0 Å².